The van der Waals surface area contributed by atoms with Crippen molar-refractivity contribution in [2.45, 2.75) is 33.0 Å². The molecule has 1 aromatic carbocycles. The number of hydrogen-bond donors (Lipinski definition) is 0. The van der Waals surface area contributed by atoms with Crippen LogP contribution in [0.1, 0.15) is 25.8 Å². The van der Waals surface area contributed by atoms with Crippen LogP contribution in [-0.4, -0.2) is 11.9 Å². The maximum atomic E-state index is 10.8. The van der Waals surface area contributed by atoms with Crippen molar-refractivity contribution in [3.05, 3.63) is 34.3 Å². The number of halogens is 1. The molecule has 0 heterocycles. The first kappa shape index (κ1) is 12.4. The first-order valence-electron chi connectivity index (χ1n) is 4.93. The van der Waals surface area contributed by atoms with Gasteiger partial charge in [-0.1, -0.05) is 28.1 Å². The van der Waals surface area contributed by atoms with Crippen LogP contribution in [0.25, 0.3) is 0 Å². The minimum Gasteiger partial charge on any atom is -0.373 e. The molecule has 1 rings (SSSR count). The van der Waals surface area contributed by atoms with Crippen molar-refractivity contribution in [3.8, 4) is 0 Å². The number of ketones is 1. The van der Waals surface area contributed by atoms with Gasteiger partial charge in [0.1, 0.15) is 5.78 Å². The third kappa shape index (κ3) is 5.09. The Hall–Kier alpha value is -0.670. The molecule has 1 atom stereocenters. The van der Waals surface area contributed by atoms with Crippen molar-refractivity contribution in [2.75, 3.05) is 0 Å². The molecule has 0 fully saturated rings. The van der Waals surface area contributed by atoms with E-state index in [1.807, 2.05) is 31.2 Å². The van der Waals surface area contributed by atoms with E-state index in [1.165, 1.54) is 0 Å². The highest BCUT2D eigenvalue weighted by atomic mass is 79.9. The summed E-state index contributed by atoms with van der Waals surface area (Å²) in [6.07, 6.45) is 0.474. The Balaban J connectivity index is 2.36. The Morgan fingerprint density at radius 3 is 2.53 bits per heavy atom. The molecule has 0 saturated carbocycles. The molecule has 0 aliphatic rings. The average molecular weight is 271 g/mol. The zero-order valence-electron chi connectivity index (χ0n) is 9.00. The highest BCUT2D eigenvalue weighted by Gasteiger charge is 2.05. The van der Waals surface area contributed by atoms with Crippen molar-refractivity contribution in [3.63, 3.8) is 0 Å². The summed E-state index contributed by atoms with van der Waals surface area (Å²) in [6.45, 7) is 4.06. The van der Waals surface area contributed by atoms with E-state index in [9.17, 15) is 4.79 Å². The Labute approximate surface area is 98.8 Å². The minimum atomic E-state index is -0.00820. The van der Waals surface area contributed by atoms with E-state index in [0.29, 0.717) is 13.0 Å². The number of ether oxygens (including phenoxy) is 1. The van der Waals surface area contributed by atoms with E-state index in [4.69, 9.17) is 4.74 Å². The standard InChI is InChI=1S/C12H15BrO2/c1-9(14)7-10(2)15-8-11-3-5-12(13)6-4-11/h3-6,10H,7-8H2,1-2H3. The summed E-state index contributed by atoms with van der Waals surface area (Å²) in [4.78, 5) is 10.8. The van der Waals surface area contributed by atoms with Crippen LogP contribution >= 0.6 is 15.9 Å². The van der Waals surface area contributed by atoms with Gasteiger partial charge in [0.05, 0.1) is 12.7 Å². The molecule has 0 radical (unpaired) electrons. The van der Waals surface area contributed by atoms with Crippen LogP contribution in [-0.2, 0) is 16.1 Å². The third-order valence-electron chi connectivity index (χ3n) is 2.02. The first-order chi connectivity index (χ1) is 7.08. The molecule has 15 heavy (non-hydrogen) atoms. The summed E-state index contributed by atoms with van der Waals surface area (Å²) in [5.41, 5.74) is 1.12. The Morgan fingerprint density at radius 1 is 1.40 bits per heavy atom. The van der Waals surface area contributed by atoms with Gasteiger partial charge < -0.3 is 4.74 Å². The maximum absolute atomic E-state index is 10.8. The van der Waals surface area contributed by atoms with E-state index in [0.717, 1.165) is 10.0 Å². The van der Waals surface area contributed by atoms with Crippen LogP contribution in [0.2, 0.25) is 0 Å². The zero-order chi connectivity index (χ0) is 11.3. The lowest BCUT2D eigenvalue weighted by atomic mass is 10.2. The van der Waals surface area contributed by atoms with Gasteiger partial charge in [0.25, 0.3) is 0 Å². The lowest BCUT2D eigenvalue weighted by Crippen LogP contribution is -2.12. The smallest absolute Gasteiger partial charge is 0.132 e. The Bertz CT molecular complexity index is 319. The van der Waals surface area contributed by atoms with Gasteiger partial charge in [0.2, 0.25) is 0 Å². The van der Waals surface area contributed by atoms with E-state index >= 15 is 0 Å². The summed E-state index contributed by atoms with van der Waals surface area (Å²) < 4.78 is 6.60. The second-order valence-corrected chi connectivity index (χ2v) is 4.57. The lowest BCUT2D eigenvalue weighted by molar-refractivity contribution is -0.119. The summed E-state index contributed by atoms with van der Waals surface area (Å²) in [7, 11) is 0. The van der Waals surface area contributed by atoms with E-state index in [-0.39, 0.29) is 11.9 Å². The molecule has 0 bridgehead atoms. The average Bonchev–Trinajstić information content (AvgIpc) is 2.16. The van der Waals surface area contributed by atoms with Crippen molar-refractivity contribution in [1.82, 2.24) is 0 Å². The SMILES string of the molecule is CC(=O)CC(C)OCc1ccc(Br)cc1. The van der Waals surface area contributed by atoms with Crippen LogP contribution in [0.3, 0.4) is 0 Å². The molecule has 3 heteroatoms. The quantitative estimate of drug-likeness (QED) is 0.821. The maximum Gasteiger partial charge on any atom is 0.132 e. The number of benzene rings is 1. The molecule has 82 valence electrons. The predicted molar refractivity (Wildman–Crippen MR) is 63.7 cm³/mol. The first-order valence-corrected chi connectivity index (χ1v) is 5.72. The molecule has 0 aliphatic carbocycles. The van der Waals surface area contributed by atoms with Crippen molar-refractivity contribution in [2.24, 2.45) is 0 Å². The fourth-order valence-electron chi connectivity index (χ4n) is 1.28. The monoisotopic (exact) mass is 270 g/mol. The second-order valence-electron chi connectivity index (χ2n) is 3.65. The van der Waals surface area contributed by atoms with Gasteiger partial charge in [-0.3, -0.25) is 4.79 Å². The molecule has 0 aromatic heterocycles. The third-order valence-corrected chi connectivity index (χ3v) is 2.55. The molecule has 1 unspecified atom stereocenters. The van der Waals surface area contributed by atoms with Crippen molar-refractivity contribution >= 4 is 21.7 Å². The fourth-order valence-corrected chi connectivity index (χ4v) is 1.55. The fraction of sp³-hybridized carbons (Fsp3) is 0.417. The number of hydrogen-bond acceptors (Lipinski definition) is 2. The number of carbonyl (C=O) groups excluding carboxylic acids is 1. The van der Waals surface area contributed by atoms with Crippen LogP contribution in [0, 0.1) is 0 Å². The summed E-state index contributed by atoms with van der Waals surface area (Å²) >= 11 is 3.37. The molecule has 1 aromatic rings. The van der Waals surface area contributed by atoms with Crippen LogP contribution in [0.4, 0.5) is 0 Å². The largest absolute Gasteiger partial charge is 0.373 e. The van der Waals surface area contributed by atoms with Crippen molar-refractivity contribution < 1.29 is 9.53 Å². The minimum absolute atomic E-state index is 0.00820. The molecule has 0 saturated heterocycles. The van der Waals surface area contributed by atoms with Gasteiger partial charge in [-0.15, -0.1) is 0 Å². The van der Waals surface area contributed by atoms with E-state index in [1.54, 1.807) is 6.92 Å². The van der Waals surface area contributed by atoms with Gasteiger partial charge in [-0.25, -0.2) is 0 Å². The molecular weight excluding hydrogens is 256 g/mol. The highest BCUT2D eigenvalue weighted by molar-refractivity contribution is 9.10. The molecular formula is C12H15BrO2. The van der Waals surface area contributed by atoms with Gasteiger partial charge in [0.15, 0.2) is 0 Å². The van der Waals surface area contributed by atoms with Crippen LogP contribution in [0.15, 0.2) is 28.7 Å². The lowest BCUT2D eigenvalue weighted by Gasteiger charge is -2.11. The van der Waals surface area contributed by atoms with E-state index < -0.39 is 0 Å². The van der Waals surface area contributed by atoms with E-state index in [2.05, 4.69) is 15.9 Å². The summed E-state index contributed by atoms with van der Waals surface area (Å²) in [5, 5.41) is 0. The second kappa shape index (κ2) is 6.03. The normalized spacial score (nSPS) is 12.5. The molecule has 0 spiro atoms. The summed E-state index contributed by atoms with van der Waals surface area (Å²) in [5.74, 6) is 0.165. The molecule has 0 aliphatic heterocycles. The zero-order valence-corrected chi connectivity index (χ0v) is 10.6. The molecule has 2 nitrogen and oxygen atoms in total. The van der Waals surface area contributed by atoms with Gasteiger partial charge >= 0.3 is 0 Å². The Kier molecular flexibility index (Phi) is 4.99. The topological polar surface area (TPSA) is 26.3 Å². The molecule has 0 amide bonds. The van der Waals surface area contributed by atoms with Gasteiger partial charge in [-0.2, -0.15) is 0 Å². The van der Waals surface area contributed by atoms with Gasteiger partial charge in [0, 0.05) is 10.9 Å². The number of carbonyl (C=O) groups is 1. The van der Waals surface area contributed by atoms with Crippen LogP contribution in [0.5, 0.6) is 0 Å². The molecule has 0 N–H and O–H groups in total. The Morgan fingerprint density at radius 2 is 2.00 bits per heavy atom. The van der Waals surface area contributed by atoms with Gasteiger partial charge in [-0.05, 0) is 31.5 Å². The summed E-state index contributed by atoms with van der Waals surface area (Å²) in [6, 6.07) is 7.97. The number of Topliss-reactive ketones (excluding diaryl/α,β-unsaturated/α-hetero) is 1. The number of rotatable bonds is 5. The van der Waals surface area contributed by atoms with Crippen LogP contribution < -0.4 is 0 Å². The predicted octanol–water partition coefficient (Wildman–Crippen LogP) is 3.33. The highest BCUT2D eigenvalue weighted by Crippen LogP contribution is 2.12. The van der Waals surface area contributed by atoms with Crippen molar-refractivity contribution in [1.29, 1.82) is 0 Å².